The Labute approximate surface area is 146 Å². The fourth-order valence-corrected chi connectivity index (χ4v) is 3.25. The van der Waals surface area contributed by atoms with E-state index in [1.807, 2.05) is 22.9 Å². The van der Waals surface area contributed by atoms with Crippen LogP contribution in [0.2, 0.25) is 0 Å². The zero-order valence-electron chi connectivity index (χ0n) is 14.2. The maximum Gasteiger partial charge on any atom is 0.126 e. The third-order valence-electron chi connectivity index (χ3n) is 4.83. The lowest BCUT2D eigenvalue weighted by Crippen LogP contribution is -2.55. The van der Waals surface area contributed by atoms with E-state index in [1.54, 1.807) is 0 Å². The Morgan fingerprint density at radius 3 is 2.28 bits per heavy atom. The van der Waals surface area contributed by atoms with Crippen molar-refractivity contribution in [2.75, 3.05) is 6.61 Å². The highest BCUT2D eigenvalue weighted by atomic mass is 16.5. The van der Waals surface area contributed by atoms with E-state index < -0.39 is 37.1 Å². The van der Waals surface area contributed by atoms with E-state index in [0.29, 0.717) is 12.2 Å². The summed E-state index contributed by atoms with van der Waals surface area (Å²) >= 11 is 0. The molecule has 6 heteroatoms. The molecular formula is C19H25NO5. The van der Waals surface area contributed by atoms with Gasteiger partial charge in [-0.05, 0) is 29.7 Å². The van der Waals surface area contributed by atoms with Crippen LogP contribution in [0.5, 0.6) is 0 Å². The standard InChI is InChI=1S/C19H25NO5/c1-2-12-5-7-13(8-6-12)10-20-9-3-4-14(20)19-18(24)17(23)16(22)15(11-21)25-19/h3-9,15-19,21-24H,2,10-11H2,1H3/t15-,16-,17+,18-,19+/m1/s1. The van der Waals surface area contributed by atoms with Crippen molar-refractivity contribution in [3.8, 4) is 0 Å². The third-order valence-corrected chi connectivity index (χ3v) is 4.83. The molecule has 5 atom stereocenters. The Bertz CT molecular complexity index is 681. The van der Waals surface area contributed by atoms with E-state index in [2.05, 4.69) is 31.2 Å². The van der Waals surface area contributed by atoms with Gasteiger partial charge < -0.3 is 29.7 Å². The van der Waals surface area contributed by atoms with Crippen LogP contribution in [0.1, 0.15) is 29.8 Å². The van der Waals surface area contributed by atoms with Gasteiger partial charge >= 0.3 is 0 Å². The number of rotatable bonds is 5. The molecule has 0 bridgehead atoms. The molecule has 1 aromatic heterocycles. The summed E-state index contributed by atoms with van der Waals surface area (Å²) in [6.07, 6.45) is -2.85. The first-order valence-electron chi connectivity index (χ1n) is 8.58. The highest BCUT2D eigenvalue weighted by Crippen LogP contribution is 2.32. The van der Waals surface area contributed by atoms with Gasteiger partial charge in [0, 0.05) is 18.4 Å². The zero-order chi connectivity index (χ0) is 18.0. The van der Waals surface area contributed by atoms with Crippen LogP contribution in [0, 0.1) is 0 Å². The predicted molar refractivity (Wildman–Crippen MR) is 92.1 cm³/mol. The molecule has 0 saturated carbocycles. The Kier molecular flexibility index (Phi) is 5.56. The molecule has 0 radical (unpaired) electrons. The van der Waals surface area contributed by atoms with E-state index in [4.69, 9.17) is 4.74 Å². The fourth-order valence-electron chi connectivity index (χ4n) is 3.25. The van der Waals surface area contributed by atoms with Gasteiger partial charge in [-0.15, -0.1) is 0 Å². The first-order valence-corrected chi connectivity index (χ1v) is 8.58. The molecule has 0 spiro atoms. The van der Waals surface area contributed by atoms with Crippen LogP contribution in [-0.2, 0) is 17.7 Å². The van der Waals surface area contributed by atoms with E-state index in [0.717, 1.165) is 12.0 Å². The van der Waals surface area contributed by atoms with Gasteiger partial charge in [0.25, 0.3) is 0 Å². The molecule has 2 aromatic rings. The summed E-state index contributed by atoms with van der Waals surface area (Å²) in [4.78, 5) is 0. The first-order chi connectivity index (χ1) is 12.0. The van der Waals surface area contributed by atoms with Gasteiger partial charge in [-0.3, -0.25) is 0 Å². The van der Waals surface area contributed by atoms with Crippen molar-refractivity contribution in [1.82, 2.24) is 4.57 Å². The third kappa shape index (κ3) is 3.63. The molecule has 1 fully saturated rings. The lowest BCUT2D eigenvalue weighted by molar-refractivity contribution is -0.233. The van der Waals surface area contributed by atoms with Gasteiger partial charge in [-0.2, -0.15) is 0 Å². The van der Waals surface area contributed by atoms with Crippen LogP contribution in [0.3, 0.4) is 0 Å². The normalized spacial score (nSPS) is 29.7. The number of benzene rings is 1. The molecule has 3 rings (SSSR count). The number of hydrogen-bond acceptors (Lipinski definition) is 5. The second-order valence-corrected chi connectivity index (χ2v) is 6.48. The van der Waals surface area contributed by atoms with Gasteiger partial charge in [-0.25, -0.2) is 0 Å². The largest absolute Gasteiger partial charge is 0.394 e. The van der Waals surface area contributed by atoms with Crippen molar-refractivity contribution in [1.29, 1.82) is 0 Å². The van der Waals surface area contributed by atoms with Gasteiger partial charge in [0.1, 0.15) is 30.5 Å². The number of ether oxygens (including phenoxy) is 1. The molecule has 1 saturated heterocycles. The highest BCUT2D eigenvalue weighted by molar-refractivity contribution is 5.24. The predicted octanol–water partition coefficient (Wildman–Crippen LogP) is 0.614. The quantitative estimate of drug-likeness (QED) is 0.636. The minimum Gasteiger partial charge on any atom is -0.394 e. The molecule has 4 N–H and O–H groups in total. The first kappa shape index (κ1) is 18.1. The van der Waals surface area contributed by atoms with Gasteiger partial charge in [0.15, 0.2) is 0 Å². The number of aryl methyl sites for hydroxylation is 1. The van der Waals surface area contributed by atoms with E-state index >= 15 is 0 Å². The van der Waals surface area contributed by atoms with Crippen molar-refractivity contribution >= 4 is 0 Å². The Balaban J connectivity index is 1.82. The smallest absolute Gasteiger partial charge is 0.126 e. The average molecular weight is 347 g/mol. The van der Waals surface area contributed by atoms with E-state index in [-0.39, 0.29) is 0 Å². The van der Waals surface area contributed by atoms with Crippen molar-refractivity contribution in [3.05, 3.63) is 59.4 Å². The van der Waals surface area contributed by atoms with E-state index in [9.17, 15) is 20.4 Å². The minimum atomic E-state index is -1.37. The summed E-state index contributed by atoms with van der Waals surface area (Å²) in [5.41, 5.74) is 3.07. The second-order valence-electron chi connectivity index (χ2n) is 6.48. The molecule has 2 heterocycles. The average Bonchev–Trinajstić information content (AvgIpc) is 3.08. The van der Waals surface area contributed by atoms with Crippen molar-refractivity contribution in [2.45, 2.75) is 50.4 Å². The lowest BCUT2D eigenvalue weighted by Gasteiger charge is -2.40. The Hall–Kier alpha value is -1.70. The molecule has 0 unspecified atom stereocenters. The van der Waals surface area contributed by atoms with Crippen LogP contribution in [0.4, 0.5) is 0 Å². The summed E-state index contributed by atoms with van der Waals surface area (Å²) in [5, 5.41) is 39.6. The SMILES string of the molecule is CCc1ccc(Cn2cccc2[C@@H]2O[C@H](CO)[C@@H](O)[C@H](O)[C@H]2O)cc1. The summed E-state index contributed by atoms with van der Waals surface area (Å²) in [6, 6.07) is 12.0. The zero-order valence-corrected chi connectivity index (χ0v) is 14.2. The fraction of sp³-hybridized carbons (Fsp3) is 0.474. The number of aliphatic hydroxyl groups is 4. The van der Waals surface area contributed by atoms with Crippen LogP contribution in [-0.4, -0.2) is 56.0 Å². The molecule has 6 nitrogen and oxygen atoms in total. The van der Waals surface area contributed by atoms with Gasteiger partial charge in [-0.1, -0.05) is 31.2 Å². The topological polar surface area (TPSA) is 95.1 Å². The molecule has 136 valence electrons. The molecule has 0 aliphatic carbocycles. The second kappa shape index (κ2) is 7.68. The molecule has 25 heavy (non-hydrogen) atoms. The number of nitrogens with zero attached hydrogens (tertiary/aromatic N) is 1. The summed E-state index contributed by atoms with van der Waals surface area (Å²) in [7, 11) is 0. The van der Waals surface area contributed by atoms with Gasteiger partial charge in [0.05, 0.1) is 6.61 Å². The molecular weight excluding hydrogens is 322 g/mol. The van der Waals surface area contributed by atoms with Crippen LogP contribution in [0.25, 0.3) is 0 Å². The highest BCUT2D eigenvalue weighted by Gasteiger charge is 2.44. The van der Waals surface area contributed by atoms with Gasteiger partial charge in [0.2, 0.25) is 0 Å². The van der Waals surface area contributed by atoms with Crippen molar-refractivity contribution in [2.24, 2.45) is 0 Å². The number of aromatic nitrogens is 1. The Morgan fingerprint density at radius 1 is 0.960 bits per heavy atom. The maximum absolute atomic E-state index is 10.3. The molecule has 1 aromatic carbocycles. The van der Waals surface area contributed by atoms with E-state index in [1.165, 1.54) is 5.56 Å². The monoisotopic (exact) mass is 347 g/mol. The summed E-state index contributed by atoms with van der Waals surface area (Å²) < 4.78 is 7.60. The van der Waals surface area contributed by atoms with Crippen LogP contribution in [0.15, 0.2) is 42.6 Å². The van der Waals surface area contributed by atoms with Crippen LogP contribution >= 0.6 is 0 Å². The lowest BCUT2D eigenvalue weighted by atomic mass is 9.93. The molecule has 1 aliphatic rings. The van der Waals surface area contributed by atoms with Crippen molar-refractivity contribution in [3.63, 3.8) is 0 Å². The minimum absolute atomic E-state index is 0.430. The number of aliphatic hydroxyl groups excluding tert-OH is 4. The Morgan fingerprint density at radius 2 is 1.64 bits per heavy atom. The molecule has 0 amide bonds. The number of hydrogen-bond donors (Lipinski definition) is 4. The summed E-state index contributed by atoms with van der Waals surface area (Å²) in [5.74, 6) is 0. The molecule has 1 aliphatic heterocycles. The van der Waals surface area contributed by atoms with Crippen molar-refractivity contribution < 1.29 is 25.2 Å². The van der Waals surface area contributed by atoms with Crippen LogP contribution < -0.4 is 0 Å². The maximum atomic E-state index is 10.3. The summed E-state index contributed by atoms with van der Waals surface area (Å²) in [6.45, 7) is 2.28.